The van der Waals surface area contributed by atoms with Crippen molar-refractivity contribution in [1.82, 2.24) is 5.32 Å². The van der Waals surface area contributed by atoms with Gasteiger partial charge in [0, 0.05) is 17.0 Å². The minimum Gasteiger partial charge on any atom is -0.395 e. The van der Waals surface area contributed by atoms with Crippen molar-refractivity contribution in [3.8, 4) is 0 Å². The molecular weight excluding hydrogens is 242 g/mol. The highest BCUT2D eigenvalue weighted by molar-refractivity contribution is 7.10. The lowest BCUT2D eigenvalue weighted by Crippen LogP contribution is -2.41. The number of aliphatic hydroxyl groups excluding tert-OH is 1. The number of thiophene rings is 1. The SMILES string of the molecule is CC(C)[C@@H](CO)NC(c1cccs1)C1CCCC1. The second-order valence-electron chi connectivity index (χ2n) is 5.74. The van der Waals surface area contributed by atoms with Crippen LogP contribution in [-0.2, 0) is 0 Å². The summed E-state index contributed by atoms with van der Waals surface area (Å²) in [7, 11) is 0. The van der Waals surface area contributed by atoms with E-state index in [9.17, 15) is 5.11 Å². The molecule has 0 spiro atoms. The molecule has 18 heavy (non-hydrogen) atoms. The van der Waals surface area contributed by atoms with E-state index in [4.69, 9.17) is 0 Å². The summed E-state index contributed by atoms with van der Waals surface area (Å²) < 4.78 is 0. The molecule has 1 aromatic heterocycles. The Balaban J connectivity index is 2.09. The molecule has 1 saturated carbocycles. The lowest BCUT2D eigenvalue weighted by molar-refractivity contribution is 0.185. The summed E-state index contributed by atoms with van der Waals surface area (Å²) in [6.07, 6.45) is 5.37. The average molecular weight is 267 g/mol. The standard InChI is InChI=1S/C15H25NOS/c1-11(2)13(10-17)16-15(12-6-3-4-7-12)14-8-5-9-18-14/h5,8-9,11-13,15-17H,3-4,6-7,10H2,1-2H3/t13-,15?/m1/s1. The van der Waals surface area contributed by atoms with Crippen LogP contribution in [0.1, 0.15) is 50.4 Å². The van der Waals surface area contributed by atoms with Crippen molar-refractivity contribution in [3.63, 3.8) is 0 Å². The molecule has 102 valence electrons. The number of aliphatic hydroxyl groups is 1. The van der Waals surface area contributed by atoms with Gasteiger partial charge in [0.05, 0.1) is 6.61 Å². The molecule has 0 saturated heterocycles. The van der Waals surface area contributed by atoms with Gasteiger partial charge in [-0.25, -0.2) is 0 Å². The van der Waals surface area contributed by atoms with E-state index in [2.05, 4.69) is 36.7 Å². The van der Waals surface area contributed by atoms with Gasteiger partial charge in [0.1, 0.15) is 0 Å². The first-order chi connectivity index (χ1) is 8.72. The number of nitrogens with one attached hydrogen (secondary N) is 1. The van der Waals surface area contributed by atoms with Gasteiger partial charge in [0.15, 0.2) is 0 Å². The molecule has 1 aliphatic carbocycles. The topological polar surface area (TPSA) is 32.3 Å². The van der Waals surface area contributed by atoms with Crippen LogP contribution >= 0.6 is 11.3 Å². The minimum atomic E-state index is 0.206. The molecule has 0 aliphatic heterocycles. The van der Waals surface area contributed by atoms with Crippen LogP contribution in [0.15, 0.2) is 17.5 Å². The van der Waals surface area contributed by atoms with Crippen LogP contribution in [-0.4, -0.2) is 17.8 Å². The summed E-state index contributed by atoms with van der Waals surface area (Å²) in [4.78, 5) is 1.43. The van der Waals surface area contributed by atoms with Crippen LogP contribution in [0.3, 0.4) is 0 Å². The normalized spacial score (nSPS) is 20.4. The number of rotatable bonds is 6. The van der Waals surface area contributed by atoms with Gasteiger partial charge in [-0.05, 0) is 36.1 Å². The highest BCUT2D eigenvalue weighted by Crippen LogP contribution is 2.37. The minimum absolute atomic E-state index is 0.206. The van der Waals surface area contributed by atoms with E-state index in [0.29, 0.717) is 12.0 Å². The zero-order valence-electron chi connectivity index (χ0n) is 11.4. The molecule has 2 nitrogen and oxygen atoms in total. The fourth-order valence-corrected chi connectivity index (χ4v) is 3.77. The monoisotopic (exact) mass is 267 g/mol. The van der Waals surface area contributed by atoms with E-state index < -0.39 is 0 Å². The van der Waals surface area contributed by atoms with Gasteiger partial charge in [0.25, 0.3) is 0 Å². The molecule has 2 N–H and O–H groups in total. The third-order valence-electron chi connectivity index (χ3n) is 4.12. The van der Waals surface area contributed by atoms with Gasteiger partial charge in [0.2, 0.25) is 0 Å². The molecule has 1 unspecified atom stereocenters. The van der Waals surface area contributed by atoms with E-state index in [1.165, 1.54) is 30.6 Å². The van der Waals surface area contributed by atoms with Crippen molar-refractivity contribution in [3.05, 3.63) is 22.4 Å². The van der Waals surface area contributed by atoms with Crippen LogP contribution in [0.25, 0.3) is 0 Å². The highest BCUT2D eigenvalue weighted by atomic mass is 32.1. The molecule has 1 aliphatic rings. The van der Waals surface area contributed by atoms with Crippen LogP contribution in [0.5, 0.6) is 0 Å². The molecule has 1 aromatic rings. The lowest BCUT2D eigenvalue weighted by atomic mass is 9.94. The Morgan fingerprint density at radius 3 is 2.61 bits per heavy atom. The van der Waals surface area contributed by atoms with Crippen LogP contribution in [0, 0.1) is 11.8 Å². The summed E-state index contributed by atoms with van der Waals surface area (Å²) in [5.41, 5.74) is 0. The Morgan fingerprint density at radius 1 is 1.39 bits per heavy atom. The molecule has 0 amide bonds. The van der Waals surface area contributed by atoms with Crippen molar-refractivity contribution < 1.29 is 5.11 Å². The van der Waals surface area contributed by atoms with Crippen molar-refractivity contribution in [2.24, 2.45) is 11.8 Å². The summed E-state index contributed by atoms with van der Waals surface area (Å²) in [6, 6.07) is 5.01. The number of hydrogen-bond acceptors (Lipinski definition) is 3. The van der Waals surface area contributed by atoms with Gasteiger partial charge >= 0.3 is 0 Å². The summed E-state index contributed by atoms with van der Waals surface area (Å²) in [6.45, 7) is 4.58. The van der Waals surface area contributed by atoms with E-state index in [1.54, 1.807) is 0 Å². The van der Waals surface area contributed by atoms with Gasteiger partial charge in [-0.15, -0.1) is 11.3 Å². The second kappa shape index (κ2) is 6.69. The third kappa shape index (κ3) is 3.34. The van der Waals surface area contributed by atoms with E-state index >= 15 is 0 Å². The average Bonchev–Trinajstić information content (AvgIpc) is 3.02. The smallest absolute Gasteiger partial charge is 0.0587 e. The molecule has 0 bridgehead atoms. The van der Waals surface area contributed by atoms with Crippen LogP contribution < -0.4 is 5.32 Å². The van der Waals surface area contributed by atoms with Gasteiger partial charge in [-0.3, -0.25) is 0 Å². The predicted molar refractivity (Wildman–Crippen MR) is 77.9 cm³/mol. The maximum atomic E-state index is 9.53. The molecule has 2 rings (SSSR count). The fourth-order valence-electron chi connectivity index (χ4n) is 2.90. The fraction of sp³-hybridized carbons (Fsp3) is 0.733. The van der Waals surface area contributed by atoms with Crippen molar-refractivity contribution in [2.45, 2.75) is 51.6 Å². The first kappa shape index (κ1) is 14.0. The Hall–Kier alpha value is -0.380. The summed E-state index contributed by atoms with van der Waals surface area (Å²) in [5, 5.41) is 15.4. The van der Waals surface area contributed by atoms with Crippen molar-refractivity contribution >= 4 is 11.3 Å². The Bertz CT molecular complexity index is 330. The van der Waals surface area contributed by atoms with E-state index in [-0.39, 0.29) is 12.6 Å². The molecule has 2 atom stereocenters. The highest BCUT2D eigenvalue weighted by Gasteiger charge is 2.29. The zero-order valence-corrected chi connectivity index (χ0v) is 12.2. The van der Waals surface area contributed by atoms with Crippen LogP contribution in [0.4, 0.5) is 0 Å². The third-order valence-corrected chi connectivity index (χ3v) is 5.07. The van der Waals surface area contributed by atoms with E-state index in [0.717, 1.165) is 5.92 Å². The van der Waals surface area contributed by atoms with E-state index in [1.807, 2.05) is 11.3 Å². The Morgan fingerprint density at radius 2 is 2.11 bits per heavy atom. The zero-order chi connectivity index (χ0) is 13.0. The van der Waals surface area contributed by atoms with Crippen LogP contribution in [0.2, 0.25) is 0 Å². The lowest BCUT2D eigenvalue weighted by Gasteiger charge is -2.30. The van der Waals surface area contributed by atoms with Gasteiger partial charge in [-0.2, -0.15) is 0 Å². The molecular formula is C15H25NOS. The largest absolute Gasteiger partial charge is 0.395 e. The molecule has 1 heterocycles. The number of hydrogen-bond donors (Lipinski definition) is 2. The molecule has 0 aromatic carbocycles. The first-order valence-corrected chi connectivity index (χ1v) is 8.00. The van der Waals surface area contributed by atoms with Crippen molar-refractivity contribution in [1.29, 1.82) is 0 Å². The van der Waals surface area contributed by atoms with Gasteiger partial charge < -0.3 is 10.4 Å². The second-order valence-corrected chi connectivity index (χ2v) is 6.72. The maximum absolute atomic E-state index is 9.53. The van der Waals surface area contributed by atoms with Crippen molar-refractivity contribution in [2.75, 3.05) is 6.61 Å². The Labute approximate surface area is 114 Å². The Kier molecular flexibility index (Phi) is 5.22. The summed E-state index contributed by atoms with van der Waals surface area (Å²) >= 11 is 1.84. The molecule has 3 heteroatoms. The first-order valence-electron chi connectivity index (χ1n) is 7.12. The summed E-state index contributed by atoms with van der Waals surface area (Å²) in [5.74, 6) is 1.22. The predicted octanol–water partition coefficient (Wildman–Crippen LogP) is 3.59. The van der Waals surface area contributed by atoms with Gasteiger partial charge in [-0.1, -0.05) is 32.8 Å². The maximum Gasteiger partial charge on any atom is 0.0587 e. The molecule has 1 fully saturated rings. The quantitative estimate of drug-likeness (QED) is 0.825. The molecule has 0 radical (unpaired) electrons.